The number of carbonyl (C=O) groups is 2. The van der Waals surface area contributed by atoms with E-state index in [1.807, 2.05) is 24.3 Å². The van der Waals surface area contributed by atoms with Crippen LogP contribution in [0.25, 0.3) is 16.8 Å². The minimum Gasteiger partial charge on any atom is -0.493 e. The molecule has 0 atom stereocenters. The number of rotatable bonds is 7. The van der Waals surface area contributed by atoms with E-state index in [1.54, 1.807) is 43.5 Å². The van der Waals surface area contributed by atoms with Crippen LogP contribution in [0.5, 0.6) is 11.5 Å². The van der Waals surface area contributed by atoms with E-state index in [0.717, 1.165) is 33.0 Å². The monoisotopic (exact) mass is 584 g/mol. The molecule has 2 amide bonds. The zero-order valence-corrected chi connectivity index (χ0v) is 22.7. The number of nitriles is 1. The summed E-state index contributed by atoms with van der Waals surface area (Å²) in [6.07, 6.45) is 1.65. The molecular weight excluding hydrogens is 564 g/mol. The van der Waals surface area contributed by atoms with Gasteiger partial charge in [-0.25, -0.2) is 0 Å². The highest BCUT2D eigenvalue weighted by molar-refractivity contribution is 9.10. The number of amides is 2. The summed E-state index contributed by atoms with van der Waals surface area (Å²) in [6, 6.07) is 26.9. The molecule has 4 aromatic rings. The van der Waals surface area contributed by atoms with Crippen LogP contribution in [0.2, 0.25) is 0 Å². The first kappa shape index (κ1) is 25.6. The van der Waals surface area contributed by atoms with Gasteiger partial charge in [0, 0.05) is 0 Å². The van der Waals surface area contributed by atoms with Crippen molar-refractivity contribution in [1.82, 2.24) is 4.90 Å². The Balaban J connectivity index is 1.35. The van der Waals surface area contributed by atoms with Gasteiger partial charge in [-0.15, -0.1) is 0 Å². The van der Waals surface area contributed by atoms with E-state index in [4.69, 9.17) is 9.47 Å². The van der Waals surface area contributed by atoms with Crippen LogP contribution in [0, 0.1) is 11.3 Å². The molecule has 0 N–H and O–H groups in total. The van der Waals surface area contributed by atoms with Crippen LogP contribution in [0.4, 0.5) is 4.79 Å². The van der Waals surface area contributed by atoms with Crippen molar-refractivity contribution >= 4 is 55.7 Å². The third-order valence-corrected chi connectivity index (χ3v) is 7.58. The number of hydrogen-bond donors (Lipinski definition) is 0. The number of methoxy groups -OCH3 is 1. The van der Waals surface area contributed by atoms with E-state index in [0.29, 0.717) is 44.2 Å². The molecule has 0 saturated carbocycles. The van der Waals surface area contributed by atoms with Gasteiger partial charge in [-0.2, -0.15) is 5.26 Å². The van der Waals surface area contributed by atoms with Crippen molar-refractivity contribution in [1.29, 1.82) is 5.26 Å². The molecule has 1 saturated heterocycles. The second kappa shape index (κ2) is 11.1. The van der Waals surface area contributed by atoms with Gasteiger partial charge >= 0.3 is 0 Å². The minimum absolute atomic E-state index is 0.0420. The maximum absolute atomic E-state index is 13.0. The Hall–Kier alpha value is -4.06. The molecular formula is C30H21BrN2O4S. The van der Waals surface area contributed by atoms with E-state index < -0.39 is 5.91 Å². The van der Waals surface area contributed by atoms with E-state index in [2.05, 4.69) is 46.3 Å². The van der Waals surface area contributed by atoms with Crippen molar-refractivity contribution in [2.45, 2.75) is 13.2 Å². The molecule has 0 aliphatic carbocycles. The Morgan fingerprint density at radius 1 is 1.00 bits per heavy atom. The lowest BCUT2D eigenvalue weighted by molar-refractivity contribution is -0.123. The van der Waals surface area contributed by atoms with Gasteiger partial charge < -0.3 is 9.47 Å². The molecule has 1 aliphatic rings. The SMILES string of the molecule is COc1cc(/C=C2/SC(=O)N(Cc3ccccc3C#N)C2=O)cc(Br)c1OCc1ccc2ccccc2c1. The highest BCUT2D eigenvalue weighted by atomic mass is 79.9. The van der Waals surface area contributed by atoms with Crippen LogP contribution >= 0.6 is 27.7 Å². The predicted octanol–water partition coefficient (Wildman–Crippen LogP) is 7.30. The molecule has 5 rings (SSSR count). The maximum atomic E-state index is 13.0. The van der Waals surface area contributed by atoms with E-state index in [1.165, 1.54) is 0 Å². The van der Waals surface area contributed by atoms with Gasteiger partial charge in [-0.05, 0) is 85.5 Å². The summed E-state index contributed by atoms with van der Waals surface area (Å²) in [5.41, 5.74) is 2.75. The number of thioether (sulfide) groups is 1. The smallest absolute Gasteiger partial charge is 0.293 e. The van der Waals surface area contributed by atoms with Gasteiger partial charge in [-0.3, -0.25) is 14.5 Å². The fraction of sp³-hybridized carbons (Fsp3) is 0.100. The van der Waals surface area contributed by atoms with Gasteiger partial charge in [0.05, 0.1) is 34.7 Å². The van der Waals surface area contributed by atoms with Crippen molar-refractivity contribution in [3.63, 3.8) is 0 Å². The Labute approximate surface area is 232 Å². The fourth-order valence-electron chi connectivity index (χ4n) is 4.17. The lowest BCUT2D eigenvalue weighted by Crippen LogP contribution is -2.27. The van der Waals surface area contributed by atoms with Crippen LogP contribution in [-0.2, 0) is 17.9 Å². The molecule has 0 radical (unpaired) electrons. The van der Waals surface area contributed by atoms with Crippen molar-refractivity contribution in [2.24, 2.45) is 0 Å². The van der Waals surface area contributed by atoms with Gasteiger partial charge in [0.25, 0.3) is 11.1 Å². The molecule has 1 fully saturated rings. The number of hydrogen-bond acceptors (Lipinski definition) is 6. The third kappa shape index (κ3) is 5.30. The van der Waals surface area contributed by atoms with Crippen LogP contribution in [0.15, 0.2) is 88.2 Å². The third-order valence-electron chi connectivity index (χ3n) is 6.09. The molecule has 38 heavy (non-hydrogen) atoms. The van der Waals surface area contributed by atoms with E-state index >= 15 is 0 Å². The largest absolute Gasteiger partial charge is 0.493 e. The highest BCUT2D eigenvalue weighted by Crippen LogP contribution is 2.40. The van der Waals surface area contributed by atoms with Crippen LogP contribution < -0.4 is 9.47 Å². The van der Waals surface area contributed by atoms with Crippen molar-refractivity contribution < 1.29 is 19.1 Å². The zero-order chi connectivity index (χ0) is 26.6. The summed E-state index contributed by atoms with van der Waals surface area (Å²) in [7, 11) is 1.55. The lowest BCUT2D eigenvalue weighted by Gasteiger charge is -2.14. The summed E-state index contributed by atoms with van der Waals surface area (Å²) >= 11 is 4.44. The van der Waals surface area contributed by atoms with E-state index in [-0.39, 0.29) is 11.8 Å². The summed E-state index contributed by atoms with van der Waals surface area (Å²) in [5.74, 6) is 0.632. The van der Waals surface area contributed by atoms with Gasteiger partial charge in [-0.1, -0.05) is 54.6 Å². The molecule has 188 valence electrons. The minimum atomic E-state index is -0.403. The number of fused-ring (bicyclic) bond motifs is 1. The fourth-order valence-corrected chi connectivity index (χ4v) is 5.59. The van der Waals surface area contributed by atoms with Crippen LogP contribution in [0.1, 0.15) is 22.3 Å². The molecule has 1 heterocycles. The summed E-state index contributed by atoms with van der Waals surface area (Å²) < 4.78 is 12.3. The number of halogens is 1. The van der Waals surface area contributed by atoms with Gasteiger partial charge in [0.1, 0.15) is 6.61 Å². The summed E-state index contributed by atoms with van der Waals surface area (Å²) in [5, 5.41) is 11.3. The van der Waals surface area contributed by atoms with Gasteiger partial charge in [0.15, 0.2) is 11.5 Å². The van der Waals surface area contributed by atoms with E-state index in [9.17, 15) is 14.9 Å². The zero-order valence-electron chi connectivity index (χ0n) is 20.3. The topological polar surface area (TPSA) is 79.6 Å². The maximum Gasteiger partial charge on any atom is 0.293 e. The van der Waals surface area contributed by atoms with Crippen LogP contribution in [-0.4, -0.2) is 23.2 Å². The van der Waals surface area contributed by atoms with Crippen LogP contribution in [0.3, 0.4) is 0 Å². The summed E-state index contributed by atoms with van der Waals surface area (Å²) in [6.45, 7) is 0.391. The first-order valence-corrected chi connectivity index (χ1v) is 13.3. The Kier molecular flexibility index (Phi) is 7.50. The average Bonchev–Trinajstić information content (AvgIpc) is 3.19. The van der Waals surface area contributed by atoms with Gasteiger partial charge in [0.2, 0.25) is 0 Å². The molecule has 6 nitrogen and oxygen atoms in total. The lowest BCUT2D eigenvalue weighted by atomic mass is 10.1. The number of imide groups is 1. The normalized spacial score (nSPS) is 14.2. The second-order valence-electron chi connectivity index (χ2n) is 8.54. The Morgan fingerprint density at radius 2 is 1.76 bits per heavy atom. The Bertz CT molecular complexity index is 1640. The summed E-state index contributed by atoms with van der Waals surface area (Å²) in [4.78, 5) is 27.1. The quantitative estimate of drug-likeness (QED) is 0.212. The average molecular weight is 585 g/mol. The molecule has 4 aromatic carbocycles. The number of benzene rings is 4. The standard InChI is InChI=1S/C30H21BrN2O4S/c1-36-26-14-20(13-25(31)28(26)37-18-19-10-11-21-6-2-3-7-22(21)12-19)15-27-29(34)33(30(35)38-27)17-24-9-5-4-8-23(24)16-32/h2-15H,17-18H2,1H3/b27-15+. The first-order chi connectivity index (χ1) is 18.5. The molecule has 0 aromatic heterocycles. The first-order valence-electron chi connectivity index (χ1n) is 11.7. The molecule has 1 aliphatic heterocycles. The molecule has 8 heteroatoms. The Morgan fingerprint density at radius 3 is 2.55 bits per heavy atom. The number of ether oxygens (including phenoxy) is 2. The number of nitrogens with zero attached hydrogens (tertiary/aromatic N) is 2. The van der Waals surface area contributed by atoms with Crippen molar-refractivity contribution in [3.05, 3.63) is 110 Å². The molecule has 0 bridgehead atoms. The molecule has 0 spiro atoms. The highest BCUT2D eigenvalue weighted by Gasteiger charge is 2.35. The number of carbonyl (C=O) groups excluding carboxylic acids is 2. The van der Waals surface area contributed by atoms with Crippen molar-refractivity contribution in [3.8, 4) is 17.6 Å². The van der Waals surface area contributed by atoms with Crippen molar-refractivity contribution in [2.75, 3.05) is 7.11 Å². The second-order valence-corrected chi connectivity index (χ2v) is 10.4. The molecule has 0 unspecified atom stereocenters. The predicted molar refractivity (Wildman–Crippen MR) is 152 cm³/mol.